The maximum Gasteiger partial charge on any atom is 0.387 e. The Balaban J connectivity index is 0.00000288. The van der Waals surface area contributed by atoms with E-state index in [2.05, 4.69) is 10.1 Å². The molecular formula is C15H20ClF2N3O3. The minimum atomic E-state index is -2.91. The SMILES string of the molecule is CN(CC(=O)N1CCNCC1)C(=O)c1ccc(OC(F)F)cc1.Cl. The molecule has 0 unspecified atom stereocenters. The summed E-state index contributed by atoms with van der Waals surface area (Å²) in [5.74, 6) is -0.479. The highest BCUT2D eigenvalue weighted by Crippen LogP contribution is 2.15. The Morgan fingerprint density at radius 2 is 1.83 bits per heavy atom. The number of ether oxygens (including phenoxy) is 1. The number of carbonyl (C=O) groups excluding carboxylic acids is 2. The number of nitrogens with one attached hydrogen (secondary N) is 1. The summed E-state index contributed by atoms with van der Waals surface area (Å²) in [6.45, 7) is -0.185. The lowest BCUT2D eigenvalue weighted by atomic mass is 10.2. The molecule has 0 saturated carbocycles. The first-order chi connectivity index (χ1) is 11.0. The molecule has 0 radical (unpaired) electrons. The van der Waals surface area contributed by atoms with E-state index in [0.717, 1.165) is 13.1 Å². The summed E-state index contributed by atoms with van der Waals surface area (Å²) in [6.07, 6.45) is 0. The van der Waals surface area contributed by atoms with E-state index < -0.39 is 6.61 Å². The summed E-state index contributed by atoms with van der Waals surface area (Å²) in [5, 5.41) is 3.15. The molecule has 0 bridgehead atoms. The van der Waals surface area contributed by atoms with Gasteiger partial charge in [0.25, 0.3) is 5.91 Å². The molecule has 1 saturated heterocycles. The molecule has 0 aliphatic carbocycles. The van der Waals surface area contributed by atoms with Gasteiger partial charge in [-0.15, -0.1) is 12.4 Å². The molecule has 2 rings (SSSR count). The van der Waals surface area contributed by atoms with Crippen molar-refractivity contribution in [1.29, 1.82) is 0 Å². The number of halogens is 3. The fourth-order valence-corrected chi connectivity index (χ4v) is 2.29. The molecule has 0 aromatic heterocycles. The zero-order valence-corrected chi connectivity index (χ0v) is 14.0. The van der Waals surface area contributed by atoms with Crippen LogP contribution in [0.4, 0.5) is 8.78 Å². The smallest absolute Gasteiger partial charge is 0.387 e. The first-order valence-electron chi connectivity index (χ1n) is 7.26. The number of amides is 2. The van der Waals surface area contributed by atoms with Crippen molar-refractivity contribution in [2.75, 3.05) is 39.8 Å². The number of hydrogen-bond donors (Lipinski definition) is 1. The zero-order chi connectivity index (χ0) is 16.8. The number of nitrogens with zero attached hydrogens (tertiary/aromatic N) is 2. The summed E-state index contributed by atoms with van der Waals surface area (Å²) in [6, 6.07) is 5.38. The Bertz CT molecular complexity index is 551. The van der Waals surface area contributed by atoms with E-state index in [9.17, 15) is 18.4 Å². The van der Waals surface area contributed by atoms with Crippen LogP contribution in [0.15, 0.2) is 24.3 Å². The predicted molar refractivity (Wildman–Crippen MR) is 86.7 cm³/mol. The van der Waals surface area contributed by atoms with Gasteiger partial charge in [-0.2, -0.15) is 8.78 Å². The molecule has 9 heteroatoms. The van der Waals surface area contributed by atoms with Crippen molar-refractivity contribution in [3.05, 3.63) is 29.8 Å². The molecular weight excluding hydrogens is 344 g/mol. The van der Waals surface area contributed by atoms with Gasteiger partial charge in [-0.1, -0.05) is 0 Å². The number of rotatable bonds is 5. The van der Waals surface area contributed by atoms with Crippen LogP contribution in [0.5, 0.6) is 5.75 Å². The molecule has 1 N–H and O–H groups in total. The van der Waals surface area contributed by atoms with Gasteiger partial charge in [0.1, 0.15) is 5.75 Å². The van der Waals surface area contributed by atoms with Gasteiger partial charge >= 0.3 is 6.61 Å². The molecule has 1 aliphatic rings. The highest BCUT2D eigenvalue weighted by Gasteiger charge is 2.20. The summed E-state index contributed by atoms with van der Waals surface area (Å²) >= 11 is 0. The van der Waals surface area contributed by atoms with Crippen LogP contribution >= 0.6 is 12.4 Å². The molecule has 2 amide bonds. The van der Waals surface area contributed by atoms with Crippen LogP contribution in [-0.4, -0.2) is 68.0 Å². The number of piperazine rings is 1. The molecule has 1 aromatic rings. The highest BCUT2D eigenvalue weighted by molar-refractivity contribution is 5.96. The van der Waals surface area contributed by atoms with Crippen molar-refractivity contribution >= 4 is 24.2 Å². The van der Waals surface area contributed by atoms with Crippen LogP contribution in [0.3, 0.4) is 0 Å². The van der Waals surface area contributed by atoms with Gasteiger partial charge < -0.3 is 19.9 Å². The van der Waals surface area contributed by atoms with Gasteiger partial charge in [-0.25, -0.2) is 0 Å². The molecule has 1 heterocycles. The third-order valence-electron chi connectivity index (χ3n) is 3.52. The molecule has 24 heavy (non-hydrogen) atoms. The van der Waals surface area contributed by atoms with E-state index in [0.29, 0.717) is 18.7 Å². The largest absolute Gasteiger partial charge is 0.435 e. The molecule has 0 atom stereocenters. The van der Waals surface area contributed by atoms with Crippen LogP contribution in [-0.2, 0) is 4.79 Å². The van der Waals surface area contributed by atoms with Crippen molar-refractivity contribution in [1.82, 2.24) is 15.1 Å². The van der Waals surface area contributed by atoms with Crippen LogP contribution in [0.2, 0.25) is 0 Å². The average Bonchev–Trinajstić information content (AvgIpc) is 2.55. The van der Waals surface area contributed by atoms with Crippen LogP contribution in [0.1, 0.15) is 10.4 Å². The topological polar surface area (TPSA) is 61.9 Å². The van der Waals surface area contributed by atoms with E-state index in [-0.39, 0.29) is 36.5 Å². The van der Waals surface area contributed by atoms with Gasteiger partial charge in [-0.3, -0.25) is 9.59 Å². The molecule has 1 fully saturated rings. The van der Waals surface area contributed by atoms with E-state index in [4.69, 9.17) is 0 Å². The lowest BCUT2D eigenvalue weighted by Crippen LogP contribution is -2.49. The fraction of sp³-hybridized carbons (Fsp3) is 0.467. The standard InChI is InChI=1S/C15H19F2N3O3.ClH/c1-19(10-13(21)20-8-6-18-7-9-20)14(22)11-2-4-12(5-3-11)23-15(16)17;/h2-5,15,18H,6-10H2,1H3;1H. The Hall–Kier alpha value is -1.93. The minimum Gasteiger partial charge on any atom is -0.435 e. The fourth-order valence-electron chi connectivity index (χ4n) is 2.29. The quantitative estimate of drug-likeness (QED) is 0.854. The number of alkyl halides is 2. The van der Waals surface area contributed by atoms with Gasteiger partial charge in [-0.05, 0) is 24.3 Å². The molecule has 134 valence electrons. The summed E-state index contributed by atoms with van der Waals surface area (Å²) in [4.78, 5) is 27.4. The zero-order valence-electron chi connectivity index (χ0n) is 13.2. The number of hydrogen-bond acceptors (Lipinski definition) is 4. The molecule has 6 nitrogen and oxygen atoms in total. The maximum atomic E-state index is 12.3. The van der Waals surface area contributed by atoms with E-state index in [1.807, 2.05) is 0 Å². The second kappa shape index (κ2) is 9.39. The average molecular weight is 364 g/mol. The lowest BCUT2D eigenvalue weighted by molar-refractivity contribution is -0.132. The monoisotopic (exact) mass is 363 g/mol. The molecule has 0 spiro atoms. The van der Waals surface area contributed by atoms with E-state index >= 15 is 0 Å². The van der Waals surface area contributed by atoms with E-state index in [1.54, 1.807) is 4.90 Å². The van der Waals surface area contributed by atoms with Gasteiger partial charge in [0, 0.05) is 38.8 Å². The van der Waals surface area contributed by atoms with Crippen molar-refractivity contribution in [3.8, 4) is 5.75 Å². The summed E-state index contributed by atoms with van der Waals surface area (Å²) in [5.41, 5.74) is 0.308. The van der Waals surface area contributed by atoms with Crippen molar-refractivity contribution in [2.45, 2.75) is 6.61 Å². The molecule has 1 aromatic carbocycles. The third-order valence-corrected chi connectivity index (χ3v) is 3.52. The first kappa shape index (κ1) is 20.1. The highest BCUT2D eigenvalue weighted by atomic mass is 35.5. The Kier molecular flexibility index (Phi) is 7.87. The van der Waals surface area contributed by atoms with Gasteiger partial charge in [0.2, 0.25) is 5.91 Å². The van der Waals surface area contributed by atoms with Gasteiger partial charge in [0.05, 0.1) is 6.54 Å². The first-order valence-corrected chi connectivity index (χ1v) is 7.26. The van der Waals surface area contributed by atoms with Crippen LogP contribution in [0.25, 0.3) is 0 Å². The Morgan fingerprint density at radius 3 is 2.38 bits per heavy atom. The molecule has 1 aliphatic heterocycles. The maximum absolute atomic E-state index is 12.3. The van der Waals surface area contributed by atoms with Crippen molar-refractivity contribution in [3.63, 3.8) is 0 Å². The summed E-state index contributed by atoms with van der Waals surface area (Å²) in [7, 11) is 1.53. The summed E-state index contributed by atoms with van der Waals surface area (Å²) < 4.78 is 28.4. The number of carbonyl (C=O) groups is 2. The predicted octanol–water partition coefficient (Wildman–Crippen LogP) is 1.21. The van der Waals surface area contributed by atoms with Crippen molar-refractivity contribution in [2.24, 2.45) is 0 Å². The lowest BCUT2D eigenvalue weighted by Gasteiger charge is -2.29. The number of likely N-dealkylation sites (N-methyl/N-ethyl adjacent to an activating group) is 1. The van der Waals surface area contributed by atoms with Crippen LogP contribution < -0.4 is 10.1 Å². The normalized spacial score (nSPS) is 14.1. The van der Waals surface area contributed by atoms with Crippen LogP contribution in [0, 0.1) is 0 Å². The Labute approximate surface area is 145 Å². The number of benzene rings is 1. The Morgan fingerprint density at radius 1 is 1.25 bits per heavy atom. The minimum absolute atomic E-state index is 0. The van der Waals surface area contributed by atoms with Crippen molar-refractivity contribution < 1.29 is 23.1 Å². The van der Waals surface area contributed by atoms with Gasteiger partial charge in [0.15, 0.2) is 0 Å². The second-order valence-electron chi connectivity index (χ2n) is 5.19. The second-order valence-corrected chi connectivity index (χ2v) is 5.19. The third kappa shape index (κ3) is 5.61. The van der Waals surface area contributed by atoms with E-state index in [1.165, 1.54) is 36.2 Å².